The van der Waals surface area contributed by atoms with Crippen molar-refractivity contribution in [1.29, 1.82) is 0 Å². The van der Waals surface area contributed by atoms with Crippen LogP contribution in [0.15, 0.2) is 60.7 Å². The number of quaternary nitrogens is 1. The third-order valence-corrected chi connectivity index (χ3v) is 4.52. The van der Waals surface area contributed by atoms with Crippen molar-refractivity contribution in [2.45, 2.75) is 37.5 Å². The number of hydrogen-bond donors (Lipinski definition) is 2. The van der Waals surface area contributed by atoms with Crippen molar-refractivity contribution in [3.05, 3.63) is 71.8 Å². The third-order valence-electron chi connectivity index (χ3n) is 4.52. The van der Waals surface area contributed by atoms with E-state index in [0.717, 1.165) is 25.8 Å². The number of benzene rings is 2. The van der Waals surface area contributed by atoms with Crippen LogP contribution in [0.3, 0.4) is 0 Å². The normalized spacial score (nSPS) is 25.8. The van der Waals surface area contributed by atoms with Crippen LogP contribution in [0.25, 0.3) is 0 Å². The lowest BCUT2D eigenvalue weighted by Crippen LogP contribution is -2.95. The van der Waals surface area contributed by atoms with E-state index in [-0.39, 0.29) is 11.6 Å². The highest BCUT2D eigenvalue weighted by atomic mass is 16.3. The van der Waals surface area contributed by atoms with Gasteiger partial charge in [-0.15, -0.1) is 0 Å². The quantitative estimate of drug-likeness (QED) is 0.876. The van der Waals surface area contributed by atoms with E-state index in [2.05, 4.69) is 53.8 Å². The Balaban J connectivity index is 1.84. The van der Waals surface area contributed by atoms with Gasteiger partial charge in [0.15, 0.2) is 0 Å². The van der Waals surface area contributed by atoms with Crippen LogP contribution in [0.4, 0.5) is 0 Å². The summed E-state index contributed by atoms with van der Waals surface area (Å²) in [5.41, 5.74) is 2.39. The van der Waals surface area contributed by atoms with Gasteiger partial charge in [-0.25, -0.2) is 0 Å². The summed E-state index contributed by atoms with van der Waals surface area (Å²) in [4.78, 5) is 0. The fourth-order valence-corrected chi connectivity index (χ4v) is 3.37. The molecule has 2 aromatic rings. The summed E-state index contributed by atoms with van der Waals surface area (Å²) in [6.45, 7) is 0.910. The molecule has 3 N–H and O–H groups in total. The second-order valence-electron chi connectivity index (χ2n) is 5.71. The molecule has 0 saturated heterocycles. The van der Waals surface area contributed by atoms with Crippen LogP contribution in [0, 0.1) is 0 Å². The molecule has 0 radical (unpaired) electrons. The Morgan fingerprint density at radius 3 is 2.25 bits per heavy atom. The average molecular weight is 268 g/mol. The summed E-state index contributed by atoms with van der Waals surface area (Å²) in [7, 11) is 0. The van der Waals surface area contributed by atoms with Gasteiger partial charge in [-0.1, -0.05) is 60.7 Å². The molecule has 2 nitrogen and oxygen atoms in total. The maximum Gasteiger partial charge on any atom is 0.148 e. The van der Waals surface area contributed by atoms with Gasteiger partial charge >= 0.3 is 0 Å². The van der Waals surface area contributed by atoms with E-state index in [1.165, 1.54) is 11.1 Å². The maximum atomic E-state index is 10.5. The largest absolute Gasteiger partial charge is 0.386 e. The first kappa shape index (κ1) is 13.3. The van der Waals surface area contributed by atoms with Gasteiger partial charge in [-0.2, -0.15) is 0 Å². The molecule has 2 atom stereocenters. The zero-order valence-corrected chi connectivity index (χ0v) is 11.7. The highest BCUT2D eigenvalue weighted by Crippen LogP contribution is 2.35. The molecule has 1 fully saturated rings. The molecule has 0 unspecified atom stereocenters. The van der Waals surface area contributed by atoms with E-state index in [4.69, 9.17) is 0 Å². The molecule has 104 valence electrons. The minimum Gasteiger partial charge on any atom is -0.386 e. The standard InChI is InChI=1S/C18H21NO/c20-17-12-7-13-18(17,16-10-5-2-6-11-16)19-14-15-8-3-1-4-9-15/h1-6,8-11,17,19-20H,7,12-14H2/p+1/t17-,18+/m0/s1. The summed E-state index contributed by atoms with van der Waals surface area (Å²) in [6, 6.07) is 21.0. The van der Waals surface area contributed by atoms with Crippen LogP contribution in [0.1, 0.15) is 30.4 Å². The molecule has 2 heteroatoms. The van der Waals surface area contributed by atoms with Crippen molar-refractivity contribution in [2.75, 3.05) is 0 Å². The topological polar surface area (TPSA) is 36.8 Å². The van der Waals surface area contributed by atoms with Crippen molar-refractivity contribution >= 4 is 0 Å². The molecule has 1 aliphatic carbocycles. The lowest BCUT2D eigenvalue weighted by atomic mass is 9.86. The molecule has 20 heavy (non-hydrogen) atoms. The van der Waals surface area contributed by atoms with Gasteiger partial charge in [0.2, 0.25) is 0 Å². The molecule has 1 saturated carbocycles. The Morgan fingerprint density at radius 1 is 1.00 bits per heavy atom. The minimum atomic E-state index is -0.256. The van der Waals surface area contributed by atoms with Crippen molar-refractivity contribution in [1.82, 2.24) is 0 Å². The SMILES string of the molecule is O[C@H]1CCC[C@@]1([NH2+]Cc1ccccc1)c1ccccc1. The monoisotopic (exact) mass is 268 g/mol. The van der Waals surface area contributed by atoms with Crippen molar-refractivity contribution in [3.8, 4) is 0 Å². The van der Waals surface area contributed by atoms with Crippen molar-refractivity contribution in [3.63, 3.8) is 0 Å². The molecule has 0 spiro atoms. The zero-order chi connectivity index (χ0) is 13.8. The van der Waals surface area contributed by atoms with Gasteiger partial charge in [-0.05, 0) is 12.8 Å². The molecule has 3 rings (SSSR count). The number of hydrogen-bond acceptors (Lipinski definition) is 1. The summed E-state index contributed by atoms with van der Waals surface area (Å²) < 4.78 is 0. The Hall–Kier alpha value is -1.64. The maximum absolute atomic E-state index is 10.5. The predicted molar refractivity (Wildman–Crippen MR) is 80.0 cm³/mol. The van der Waals surface area contributed by atoms with E-state index in [0.29, 0.717) is 0 Å². The van der Waals surface area contributed by atoms with E-state index in [1.54, 1.807) is 0 Å². The van der Waals surface area contributed by atoms with Crippen molar-refractivity contribution < 1.29 is 10.4 Å². The van der Waals surface area contributed by atoms with E-state index < -0.39 is 0 Å². The third kappa shape index (κ3) is 2.49. The van der Waals surface area contributed by atoms with Crippen LogP contribution >= 0.6 is 0 Å². The van der Waals surface area contributed by atoms with E-state index in [1.807, 2.05) is 12.1 Å². The first-order chi connectivity index (χ1) is 9.81. The molecule has 1 aliphatic rings. The second-order valence-corrected chi connectivity index (χ2v) is 5.71. The number of nitrogens with two attached hydrogens (primary N) is 1. The van der Waals surface area contributed by atoms with Crippen LogP contribution in [-0.2, 0) is 12.1 Å². The molecule has 0 aromatic heterocycles. The first-order valence-electron chi connectivity index (χ1n) is 7.43. The van der Waals surface area contributed by atoms with Crippen LogP contribution in [0.2, 0.25) is 0 Å². The first-order valence-corrected chi connectivity index (χ1v) is 7.43. The molecule has 0 bridgehead atoms. The van der Waals surface area contributed by atoms with E-state index in [9.17, 15) is 5.11 Å². The van der Waals surface area contributed by atoms with Crippen LogP contribution in [0.5, 0.6) is 0 Å². The van der Waals surface area contributed by atoms with Crippen LogP contribution in [-0.4, -0.2) is 11.2 Å². The fourth-order valence-electron chi connectivity index (χ4n) is 3.37. The fraction of sp³-hybridized carbons (Fsp3) is 0.333. The molecular formula is C18H22NO+. The Bertz CT molecular complexity index is 540. The molecule has 0 aliphatic heterocycles. The Morgan fingerprint density at radius 2 is 1.65 bits per heavy atom. The van der Waals surface area contributed by atoms with E-state index >= 15 is 0 Å². The van der Waals surface area contributed by atoms with Gasteiger partial charge in [0.25, 0.3) is 0 Å². The molecule has 2 aromatic carbocycles. The van der Waals surface area contributed by atoms with Gasteiger partial charge < -0.3 is 10.4 Å². The highest BCUT2D eigenvalue weighted by molar-refractivity contribution is 5.25. The van der Waals surface area contributed by atoms with Crippen molar-refractivity contribution in [2.24, 2.45) is 0 Å². The highest BCUT2D eigenvalue weighted by Gasteiger charge is 2.46. The smallest absolute Gasteiger partial charge is 0.148 e. The summed E-state index contributed by atoms with van der Waals surface area (Å²) in [6.07, 6.45) is 2.79. The molecule has 0 amide bonds. The zero-order valence-electron chi connectivity index (χ0n) is 11.7. The average Bonchev–Trinajstić information content (AvgIpc) is 2.89. The second kappa shape index (κ2) is 5.78. The Labute approximate surface area is 120 Å². The van der Waals surface area contributed by atoms with Gasteiger partial charge in [0.1, 0.15) is 18.2 Å². The van der Waals surface area contributed by atoms with Crippen LogP contribution < -0.4 is 5.32 Å². The molecule has 0 heterocycles. The lowest BCUT2D eigenvalue weighted by Gasteiger charge is -2.31. The minimum absolute atomic E-state index is 0.170. The number of rotatable bonds is 4. The lowest BCUT2D eigenvalue weighted by molar-refractivity contribution is -0.756. The summed E-state index contributed by atoms with van der Waals surface area (Å²) in [5.74, 6) is 0. The number of aliphatic hydroxyl groups excluding tert-OH is 1. The number of aliphatic hydroxyl groups is 1. The van der Waals surface area contributed by atoms with Gasteiger partial charge in [0, 0.05) is 17.5 Å². The predicted octanol–water partition coefficient (Wildman–Crippen LogP) is 2.19. The summed E-state index contributed by atoms with van der Waals surface area (Å²) in [5, 5.41) is 12.9. The molecular weight excluding hydrogens is 246 g/mol. The Kier molecular flexibility index (Phi) is 3.86. The van der Waals surface area contributed by atoms with Gasteiger partial charge in [0.05, 0.1) is 0 Å². The summed E-state index contributed by atoms with van der Waals surface area (Å²) >= 11 is 0. The van der Waals surface area contributed by atoms with Gasteiger partial charge in [-0.3, -0.25) is 0 Å².